The number of nitrogens with zero attached hydrogens (tertiary/aromatic N) is 1. The fourth-order valence-corrected chi connectivity index (χ4v) is 3.64. The van der Waals surface area contributed by atoms with Crippen molar-refractivity contribution >= 4 is 0 Å². The molecule has 1 aliphatic heterocycles. The van der Waals surface area contributed by atoms with Crippen molar-refractivity contribution in [2.45, 2.75) is 70.9 Å². The van der Waals surface area contributed by atoms with Crippen LogP contribution in [0, 0.1) is 5.41 Å². The Kier molecular flexibility index (Phi) is 4.48. The molecular weight excluding hydrogens is 208 g/mol. The molecule has 2 atom stereocenters. The molecule has 17 heavy (non-hydrogen) atoms. The van der Waals surface area contributed by atoms with Crippen molar-refractivity contribution in [3.63, 3.8) is 0 Å². The summed E-state index contributed by atoms with van der Waals surface area (Å²) < 4.78 is 0. The lowest BCUT2D eigenvalue weighted by molar-refractivity contribution is 0.171. The normalized spacial score (nSPS) is 34.1. The minimum Gasteiger partial charge on any atom is -0.313 e. The fourth-order valence-electron chi connectivity index (χ4n) is 3.64. The second-order valence-electron chi connectivity index (χ2n) is 6.81. The van der Waals surface area contributed by atoms with E-state index in [1.54, 1.807) is 0 Å². The molecule has 0 amide bonds. The van der Waals surface area contributed by atoms with Gasteiger partial charge in [-0.1, -0.05) is 26.7 Å². The molecule has 2 aliphatic rings. The maximum absolute atomic E-state index is 3.81. The predicted molar refractivity (Wildman–Crippen MR) is 74.3 cm³/mol. The lowest BCUT2D eigenvalue weighted by atomic mass is 9.87. The molecule has 2 nitrogen and oxygen atoms in total. The largest absolute Gasteiger partial charge is 0.313 e. The fraction of sp³-hybridized carbons (Fsp3) is 1.00. The van der Waals surface area contributed by atoms with Crippen LogP contribution < -0.4 is 5.32 Å². The van der Waals surface area contributed by atoms with Crippen LogP contribution in [0.5, 0.6) is 0 Å². The monoisotopic (exact) mass is 238 g/mol. The highest BCUT2D eigenvalue weighted by Crippen LogP contribution is 2.37. The SMILES string of the molecule is CN1CCCCC1CCNC1CCCC1(C)C. The first-order chi connectivity index (χ1) is 8.09. The van der Waals surface area contributed by atoms with Crippen LogP contribution in [-0.2, 0) is 0 Å². The van der Waals surface area contributed by atoms with Crippen molar-refractivity contribution in [1.82, 2.24) is 10.2 Å². The van der Waals surface area contributed by atoms with E-state index in [1.165, 1.54) is 58.0 Å². The molecule has 1 saturated heterocycles. The van der Waals surface area contributed by atoms with Crippen molar-refractivity contribution in [2.24, 2.45) is 5.41 Å². The minimum absolute atomic E-state index is 0.526. The van der Waals surface area contributed by atoms with Crippen LogP contribution in [0.25, 0.3) is 0 Å². The van der Waals surface area contributed by atoms with Gasteiger partial charge in [-0.05, 0) is 57.7 Å². The van der Waals surface area contributed by atoms with Crippen molar-refractivity contribution in [2.75, 3.05) is 20.1 Å². The zero-order valence-corrected chi connectivity index (χ0v) is 12.0. The summed E-state index contributed by atoms with van der Waals surface area (Å²) in [7, 11) is 2.29. The van der Waals surface area contributed by atoms with Gasteiger partial charge in [-0.3, -0.25) is 0 Å². The van der Waals surface area contributed by atoms with Gasteiger partial charge in [0.1, 0.15) is 0 Å². The van der Waals surface area contributed by atoms with Gasteiger partial charge in [0, 0.05) is 12.1 Å². The molecule has 0 aromatic rings. The van der Waals surface area contributed by atoms with Crippen molar-refractivity contribution in [3.8, 4) is 0 Å². The number of likely N-dealkylation sites (tertiary alicyclic amines) is 1. The smallest absolute Gasteiger partial charge is 0.0118 e. The first kappa shape index (κ1) is 13.4. The van der Waals surface area contributed by atoms with Crippen LogP contribution in [0.2, 0.25) is 0 Å². The number of rotatable bonds is 4. The maximum Gasteiger partial charge on any atom is 0.0118 e. The number of nitrogens with one attached hydrogen (secondary N) is 1. The van der Waals surface area contributed by atoms with E-state index in [0.29, 0.717) is 5.41 Å². The molecule has 0 spiro atoms. The van der Waals surface area contributed by atoms with Crippen molar-refractivity contribution in [3.05, 3.63) is 0 Å². The Labute approximate surface area is 107 Å². The van der Waals surface area contributed by atoms with E-state index in [1.807, 2.05) is 0 Å². The summed E-state index contributed by atoms with van der Waals surface area (Å²) in [5, 5.41) is 3.81. The Morgan fingerprint density at radius 3 is 2.65 bits per heavy atom. The summed E-state index contributed by atoms with van der Waals surface area (Å²) in [6.45, 7) is 7.36. The first-order valence-corrected chi connectivity index (χ1v) is 7.53. The first-order valence-electron chi connectivity index (χ1n) is 7.53. The van der Waals surface area contributed by atoms with Gasteiger partial charge in [-0.25, -0.2) is 0 Å². The zero-order valence-electron chi connectivity index (χ0n) is 12.0. The summed E-state index contributed by atoms with van der Waals surface area (Å²) in [6.07, 6.45) is 9.77. The molecule has 100 valence electrons. The molecule has 0 aromatic heterocycles. The third-order valence-corrected chi connectivity index (χ3v) is 5.05. The molecule has 0 radical (unpaired) electrons. The third-order valence-electron chi connectivity index (χ3n) is 5.05. The Bertz CT molecular complexity index is 237. The van der Waals surface area contributed by atoms with Gasteiger partial charge in [-0.2, -0.15) is 0 Å². The standard InChI is InChI=1S/C15H30N2/c1-15(2)10-6-8-14(15)16-11-9-13-7-4-5-12-17(13)3/h13-14,16H,4-12H2,1-3H3. The topological polar surface area (TPSA) is 15.3 Å². The van der Waals surface area contributed by atoms with Gasteiger partial charge < -0.3 is 10.2 Å². The van der Waals surface area contributed by atoms with E-state index in [9.17, 15) is 0 Å². The van der Waals surface area contributed by atoms with E-state index in [0.717, 1.165) is 12.1 Å². The molecule has 0 bridgehead atoms. The number of piperidine rings is 1. The molecule has 2 rings (SSSR count). The Balaban J connectivity index is 1.68. The summed E-state index contributed by atoms with van der Waals surface area (Å²) in [5.41, 5.74) is 0.526. The Morgan fingerprint density at radius 2 is 2.00 bits per heavy atom. The number of hydrogen-bond acceptors (Lipinski definition) is 2. The Morgan fingerprint density at radius 1 is 1.18 bits per heavy atom. The second-order valence-corrected chi connectivity index (χ2v) is 6.81. The lowest BCUT2D eigenvalue weighted by Crippen LogP contribution is -2.42. The van der Waals surface area contributed by atoms with E-state index >= 15 is 0 Å². The molecule has 1 aliphatic carbocycles. The molecule has 1 heterocycles. The van der Waals surface area contributed by atoms with Crippen LogP contribution >= 0.6 is 0 Å². The third kappa shape index (κ3) is 3.45. The maximum atomic E-state index is 3.81. The van der Waals surface area contributed by atoms with Gasteiger partial charge in [-0.15, -0.1) is 0 Å². The molecule has 2 unspecified atom stereocenters. The average Bonchev–Trinajstić information content (AvgIpc) is 2.61. The van der Waals surface area contributed by atoms with Gasteiger partial charge >= 0.3 is 0 Å². The van der Waals surface area contributed by atoms with E-state index in [2.05, 4.69) is 31.1 Å². The zero-order chi connectivity index (χ0) is 12.3. The van der Waals surface area contributed by atoms with Gasteiger partial charge in [0.2, 0.25) is 0 Å². The van der Waals surface area contributed by atoms with E-state index in [4.69, 9.17) is 0 Å². The van der Waals surface area contributed by atoms with Gasteiger partial charge in [0.05, 0.1) is 0 Å². The van der Waals surface area contributed by atoms with Gasteiger partial charge in [0.25, 0.3) is 0 Å². The number of hydrogen-bond donors (Lipinski definition) is 1. The highest BCUT2D eigenvalue weighted by atomic mass is 15.1. The summed E-state index contributed by atoms with van der Waals surface area (Å²) in [6, 6.07) is 1.59. The van der Waals surface area contributed by atoms with Gasteiger partial charge in [0.15, 0.2) is 0 Å². The van der Waals surface area contributed by atoms with E-state index in [-0.39, 0.29) is 0 Å². The molecule has 0 aromatic carbocycles. The van der Waals surface area contributed by atoms with Crippen LogP contribution in [0.4, 0.5) is 0 Å². The summed E-state index contributed by atoms with van der Waals surface area (Å²) in [4.78, 5) is 2.56. The highest BCUT2D eigenvalue weighted by molar-refractivity contribution is 4.90. The quantitative estimate of drug-likeness (QED) is 0.810. The Hall–Kier alpha value is -0.0800. The lowest BCUT2D eigenvalue weighted by Gasteiger charge is -2.34. The molecule has 1 saturated carbocycles. The molecule has 2 heteroatoms. The van der Waals surface area contributed by atoms with Crippen LogP contribution in [0.15, 0.2) is 0 Å². The van der Waals surface area contributed by atoms with Crippen LogP contribution in [0.1, 0.15) is 58.8 Å². The second kappa shape index (κ2) is 5.71. The van der Waals surface area contributed by atoms with Crippen molar-refractivity contribution in [1.29, 1.82) is 0 Å². The predicted octanol–water partition coefficient (Wildman–Crippen LogP) is 3.03. The highest BCUT2D eigenvalue weighted by Gasteiger charge is 2.33. The minimum atomic E-state index is 0.526. The van der Waals surface area contributed by atoms with Crippen LogP contribution in [0.3, 0.4) is 0 Å². The average molecular weight is 238 g/mol. The molecule has 1 N–H and O–H groups in total. The van der Waals surface area contributed by atoms with E-state index < -0.39 is 0 Å². The van der Waals surface area contributed by atoms with Crippen LogP contribution in [-0.4, -0.2) is 37.1 Å². The summed E-state index contributed by atoms with van der Waals surface area (Å²) >= 11 is 0. The molecular formula is C15H30N2. The summed E-state index contributed by atoms with van der Waals surface area (Å²) in [5.74, 6) is 0. The van der Waals surface area contributed by atoms with Crippen molar-refractivity contribution < 1.29 is 0 Å². The molecule has 2 fully saturated rings.